The van der Waals surface area contributed by atoms with Gasteiger partial charge in [-0.2, -0.15) is 13.8 Å². The Morgan fingerprint density at radius 3 is 2.19 bits per heavy atom. The van der Waals surface area contributed by atoms with E-state index < -0.39 is 27.9 Å². The van der Waals surface area contributed by atoms with E-state index in [4.69, 9.17) is 23.2 Å². The number of halogens is 5. The van der Waals surface area contributed by atoms with Crippen LogP contribution in [0.5, 0.6) is 0 Å². The Kier molecular flexibility index (Phi) is 5.19. The van der Waals surface area contributed by atoms with E-state index in [2.05, 4.69) is 25.3 Å². The maximum absolute atomic E-state index is 13.2. The van der Waals surface area contributed by atoms with Gasteiger partial charge in [0.2, 0.25) is 5.82 Å². The van der Waals surface area contributed by atoms with Crippen LogP contribution in [-0.2, 0) is 5.38 Å². The van der Waals surface area contributed by atoms with Gasteiger partial charge >= 0.3 is 11.3 Å². The van der Waals surface area contributed by atoms with E-state index >= 15 is 0 Å². The summed E-state index contributed by atoms with van der Waals surface area (Å²) in [5.74, 6) is -1.70. The second-order valence-electron chi connectivity index (χ2n) is 6.28. The van der Waals surface area contributed by atoms with Crippen molar-refractivity contribution in [1.29, 1.82) is 0 Å². The molecule has 12 heteroatoms. The molecule has 3 aromatic carbocycles. The monoisotopic (exact) mass is 468 g/mol. The third-order valence-corrected chi connectivity index (χ3v) is 4.66. The molecule has 4 aromatic rings. The van der Waals surface area contributed by atoms with Crippen molar-refractivity contribution in [3.05, 3.63) is 79.6 Å². The molecule has 1 heterocycles. The van der Waals surface area contributed by atoms with E-state index in [0.29, 0.717) is 11.3 Å². The van der Waals surface area contributed by atoms with Gasteiger partial charge in [-0.1, -0.05) is 16.8 Å². The Morgan fingerprint density at radius 2 is 1.61 bits per heavy atom. The number of anilines is 4. The highest BCUT2D eigenvalue weighted by molar-refractivity contribution is 6.33. The fraction of sp³-hybridized carbons (Fsp3) is 0.0526. The highest BCUT2D eigenvalue weighted by atomic mass is 35.5. The smallest absolute Gasteiger partial charge is 0.350 e. The van der Waals surface area contributed by atoms with Gasteiger partial charge in [0, 0.05) is 11.3 Å². The van der Waals surface area contributed by atoms with Crippen LogP contribution in [0.3, 0.4) is 0 Å². The van der Waals surface area contributed by atoms with Crippen molar-refractivity contribution < 1.29 is 17.7 Å². The van der Waals surface area contributed by atoms with E-state index in [1.807, 2.05) is 0 Å². The molecule has 0 aliphatic rings. The van der Waals surface area contributed by atoms with Crippen molar-refractivity contribution in [3.8, 4) is 11.4 Å². The highest BCUT2D eigenvalue weighted by Gasteiger charge is 2.35. The minimum Gasteiger partial charge on any atom is -0.350 e. The standard InChI is InChI=1S/C19H9Cl2F3N4O3/c20-11-7-9(22)3-6-12(11)26-14-13(15(29)16(14)30)25-10-4-1-8(2-5-10)17-27-18(31-28-17)19(21,23)24/h1-7,25-26H. The molecule has 2 N–H and O–H groups in total. The summed E-state index contributed by atoms with van der Waals surface area (Å²) in [6, 6.07) is 9.53. The van der Waals surface area contributed by atoms with E-state index in [1.54, 1.807) is 0 Å². The van der Waals surface area contributed by atoms with Crippen LogP contribution in [0.25, 0.3) is 11.4 Å². The zero-order valence-electron chi connectivity index (χ0n) is 15.1. The summed E-state index contributed by atoms with van der Waals surface area (Å²) in [5, 5.41) is 5.19. The number of aromatic nitrogens is 2. The average Bonchev–Trinajstić information content (AvgIpc) is 3.23. The second-order valence-corrected chi connectivity index (χ2v) is 7.16. The molecule has 4 rings (SSSR count). The van der Waals surface area contributed by atoms with Crippen LogP contribution in [0.4, 0.5) is 35.9 Å². The molecular formula is C19H9Cl2F3N4O3. The maximum atomic E-state index is 13.2. The summed E-state index contributed by atoms with van der Waals surface area (Å²) in [5.41, 5.74) is -0.551. The van der Waals surface area contributed by atoms with Crippen molar-refractivity contribution in [2.45, 2.75) is 5.38 Å². The Labute approximate surface area is 181 Å². The Hall–Kier alpha value is -3.37. The Balaban J connectivity index is 1.54. The predicted octanol–water partition coefficient (Wildman–Crippen LogP) is 4.90. The average molecular weight is 469 g/mol. The topological polar surface area (TPSA) is 97.1 Å². The molecule has 0 amide bonds. The van der Waals surface area contributed by atoms with Crippen molar-refractivity contribution >= 4 is 46.0 Å². The number of benzene rings is 2. The zero-order chi connectivity index (χ0) is 22.3. The highest BCUT2D eigenvalue weighted by Crippen LogP contribution is 2.33. The molecule has 0 saturated carbocycles. The summed E-state index contributed by atoms with van der Waals surface area (Å²) >= 11 is 10.8. The van der Waals surface area contributed by atoms with Gasteiger partial charge in [0.05, 0.1) is 10.7 Å². The molecule has 0 aliphatic carbocycles. The number of nitrogens with one attached hydrogen (secondary N) is 2. The normalized spacial score (nSPS) is 11.6. The molecule has 0 saturated heterocycles. The zero-order valence-corrected chi connectivity index (χ0v) is 16.6. The lowest BCUT2D eigenvalue weighted by Gasteiger charge is -2.15. The number of nitrogens with zero attached hydrogens (tertiary/aromatic N) is 2. The summed E-state index contributed by atoms with van der Waals surface area (Å²) in [7, 11) is 0. The third kappa shape index (κ3) is 4.12. The second kappa shape index (κ2) is 7.71. The van der Waals surface area contributed by atoms with Crippen molar-refractivity contribution in [2.75, 3.05) is 10.6 Å². The van der Waals surface area contributed by atoms with Crippen LogP contribution in [0, 0.1) is 5.82 Å². The number of hydrogen-bond acceptors (Lipinski definition) is 7. The van der Waals surface area contributed by atoms with Crippen molar-refractivity contribution in [1.82, 2.24) is 10.1 Å². The van der Waals surface area contributed by atoms with Crippen molar-refractivity contribution in [2.24, 2.45) is 0 Å². The first-order valence-corrected chi connectivity index (χ1v) is 9.23. The van der Waals surface area contributed by atoms with Crippen molar-refractivity contribution in [3.63, 3.8) is 0 Å². The summed E-state index contributed by atoms with van der Waals surface area (Å²) < 4.78 is 43.6. The maximum Gasteiger partial charge on any atom is 0.400 e. The lowest BCUT2D eigenvalue weighted by atomic mass is 10.1. The molecular weight excluding hydrogens is 460 g/mol. The molecule has 0 unspecified atom stereocenters. The van der Waals surface area contributed by atoms with E-state index in [-0.39, 0.29) is 27.9 Å². The molecule has 0 radical (unpaired) electrons. The number of hydrogen-bond donors (Lipinski definition) is 2. The molecule has 158 valence electrons. The SMILES string of the molecule is O=c1c(Nc2ccc(-c3noc(C(F)(F)Cl)n3)cc2)c(Nc2ccc(F)cc2Cl)c1=O. The van der Waals surface area contributed by atoms with Crippen LogP contribution in [0.15, 0.2) is 56.6 Å². The van der Waals surface area contributed by atoms with Gasteiger partial charge in [-0.25, -0.2) is 4.39 Å². The minimum atomic E-state index is -3.78. The first kappa shape index (κ1) is 20.9. The van der Waals surface area contributed by atoms with E-state index in [0.717, 1.165) is 12.1 Å². The first-order chi connectivity index (χ1) is 14.6. The first-order valence-electron chi connectivity index (χ1n) is 8.47. The van der Waals surface area contributed by atoms with Gasteiger partial charge < -0.3 is 15.2 Å². The fourth-order valence-electron chi connectivity index (χ4n) is 2.66. The van der Waals surface area contributed by atoms with Crippen LogP contribution >= 0.6 is 23.2 Å². The molecule has 0 bridgehead atoms. The van der Waals surface area contributed by atoms with Crippen LogP contribution in [0.1, 0.15) is 5.89 Å². The minimum absolute atomic E-state index is 0.0122. The molecule has 0 atom stereocenters. The summed E-state index contributed by atoms with van der Waals surface area (Å²) in [6.45, 7) is 0. The van der Waals surface area contributed by atoms with Gasteiger partial charge in [0.15, 0.2) is 0 Å². The van der Waals surface area contributed by atoms with E-state index in [9.17, 15) is 22.8 Å². The van der Waals surface area contributed by atoms with Gasteiger partial charge in [0.25, 0.3) is 10.9 Å². The predicted molar refractivity (Wildman–Crippen MR) is 109 cm³/mol. The fourth-order valence-corrected chi connectivity index (χ4v) is 2.95. The molecule has 7 nitrogen and oxygen atoms in total. The quantitative estimate of drug-likeness (QED) is 0.306. The molecule has 0 aliphatic heterocycles. The number of alkyl halides is 3. The third-order valence-electron chi connectivity index (χ3n) is 4.18. The van der Waals surface area contributed by atoms with E-state index in [1.165, 1.54) is 30.3 Å². The van der Waals surface area contributed by atoms with Gasteiger partial charge in [-0.15, -0.1) is 0 Å². The lowest BCUT2D eigenvalue weighted by Crippen LogP contribution is -2.35. The molecule has 31 heavy (non-hydrogen) atoms. The van der Waals surface area contributed by atoms with Gasteiger partial charge in [0.1, 0.15) is 17.2 Å². The molecule has 0 fully saturated rings. The molecule has 1 aromatic heterocycles. The van der Waals surface area contributed by atoms with Gasteiger partial charge in [-0.3, -0.25) is 9.59 Å². The largest absolute Gasteiger partial charge is 0.400 e. The van der Waals surface area contributed by atoms with Crippen LogP contribution in [-0.4, -0.2) is 10.1 Å². The molecule has 0 spiro atoms. The lowest BCUT2D eigenvalue weighted by molar-refractivity contribution is 0.0551. The van der Waals surface area contributed by atoms with Gasteiger partial charge in [-0.05, 0) is 54.1 Å². The Morgan fingerprint density at radius 1 is 0.968 bits per heavy atom. The van der Waals surface area contributed by atoms with Crippen LogP contribution in [0.2, 0.25) is 5.02 Å². The Bertz CT molecular complexity index is 1340. The summed E-state index contributed by atoms with van der Waals surface area (Å²) in [6.07, 6.45) is 0. The summed E-state index contributed by atoms with van der Waals surface area (Å²) in [4.78, 5) is 27.4. The van der Waals surface area contributed by atoms with Crippen LogP contribution < -0.4 is 21.5 Å². The number of rotatable bonds is 6.